The van der Waals surface area contributed by atoms with Gasteiger partial charge in [0.2, 0.25) is 11.2 Å². The van der Waals surface area contributed by atoms with E-state index in [1.54, 1.807) is 18.2 Å². The molecule has 0 bridgehead atoms. The molecule has 0 radical (unpaired) electrons. The van der Waals surface area contributed by atoms with Crippen LogP contribution in [0, 0.1) is 6.92 Å². The molecule has 4 aromatic rings. The maximum Gasteiger partial charge on any atom is 0.417 e. The minimum atomic E-state index is -4.41. The second-order valence-corrected chi connectivity index (χ2v) is 6.48. The highest BCUT2D eigenvalue weighted by Gasteiger charge is 2.36. The van der Waals surface area contributed by atoms with Gasteiger partial charge in [-0.1, -0.05) is 42.5 Å². The third-order valence-electron chi connectivity index (χ3n) is 4.98. The Morgan fingerprint density at radius 1 is 0.808 bits per heavy atom. The molecule has 0 fully saturated rings. The molecule has 1 aromatic heterocycles. The first-order valence-electron chi connectivity index (χ1n) is 8.35. The number of nitrogens with zero attached hydrogens (tertiary/aromatic N) is 1. The third kappa shape index (κ3) is 2.53. The molecule has 0 saturated carbocycles. The molecule has 0 saturated heterocycles. The summed E-state index contributed by atoms with van der Waals surface area (Å²) < 4.78 is 42.9. The van der Waals surface area contributed by atoms with Gasteiger partial charge in [0, 0.05) is 17.7 Å². The summed E-state index contributed by atoms with van der Waals surface area (Å²) >= 11 is 0. The van der Waals surface area contributed by atoms with Gasteiger partial charge < -0.3 is 0 Å². The first-order valence-corrected chi connectivity index (χ1v) is 8.35. The molecule has 3 aromatic carbocycles. The maximum atomic E-state index is 13.7. The van der Waals surface area contributed by atoms with Crippen LogP contribution in [0.25, 0.3) is 32.9 Å². The predicted octanol–water partition coefficient (Wildman–Crippen LogP) is 5.81. The van der Waals surface area contributed by atoms with Crippen LogP contribution in [-0.2, 0) is 13.2 Å². The average molecular weight is 352 g/mol. The number of rotatable bonds is 1. The zero-order chi connectivity index (χ0) is 18.5. The molecular weight excluding hydrogens is 335 g/mol. The third-order valence-corrected chi connectivity index (χ3v) is 4.98. The van der Waals surface area contributed by atoms with Crippen molar-refractivity contribution < 1.29 is 17.7 Å². The zero-order valence-electron chi connectivity index (χ0n) is 14.4. The lowest BCUT2D eigenvalue weighted by Gasteiger charge is -2.14. The molecule has 0 unspecified atom stereocenters. The summed E-state index contributed by atoms with van der Waals surface area (Å²) in [6.07, 6.45) is -4.41. The molecule has 0 atom stereocenters. The van der Waals surface area contributed by atoms with Gasteiger partial charge in [-0.2, -0.15) is 17.7 Å². The van der Waals surface area contributed by atoms with Crippen molar-refractivity contribution in [2.45, 2.75) is 13.1 Å². The highest BCUT2D eigenvalue weighted by Crippen LogP contribution is 2.37. The van der Waals surface area contributed by atoms with Crippen molar-refractivity contribution in [3.05, 3.63) is 77.9 Å². The number of aryl methyl sites for hydroxylation is 2. The summed E-state index contributed by atoms with van der Waals surface area (Å²) in [4.78, 5) is 0. The first-order chi connectivity index (χ1) is 12.4. The molecule has 4 rings (SSSR count). The molecule has 0 aliphatic rings. The second kappa shape index (κ2) is 5.84. The monoisotopic (exact) mass is 352 g/mol. The van der Waals surface area contributed by atoms with E-state index < -0.39 is 11.7 Å². The van der Waals surface area contributed by atoms with Gasteiger partial charge in [-0.15, -0.1) is 0 Å². The highest BCUT2D eigenvalue weighted by molar-refractivity contribution is 5.91. The van der Waals surface area contributed by atoms with Gasteiger partial charge >= 0.3 is 6.18 Å². The quantitative estimate of drug-likeness (QED) is 0.381. The van der Waals surface area contributed by atoms with Crippen LogP contribution in [0.1, 0.15) is 11.1 Å². The normalized spacial score (nSPS) is 12.0. The Labute approximate surface area is 149 Å². The molecule has 26 heavy (non-hydrogen) atoms. The Hall–Kier alpha value is -2.88. The number of benzene rings is 3. The average Bonchev–Trinajstić information content (AvgIpc) is 2.62. The van der Waals surface area contributed by atoms with Crippen molar-refractivity contribution in [1.29, 1.82) is 0 Å². The molecule has 130 valence electrons. The predicted molar refractivity (Wildman–Crippen MR) is 97.8 cm³/mol. The molecule has 4 heteroatoms. The minimum Gasteiger partial charge on any atom is -0.194 e. The first kappa shape index (κ1) is 16.6. The fourth-order valence-corrected chi connectivity index (χ4v) is 3.63. The molecule has 1 heterocycles. The molecule has 0 N–H and O–H groups in total. The van der Waals surface area contributed by atoms with Gasteiger partial charge in [-0.05, 0) is 35.4 Å². The molecule has 0 aliphatic carbocycles. The van der Waals surface area contributed by atoms with Gasteiger partial charge in [0.1, 0.15) is 7.05 Å². The van der Waals surface area contributed by atoms with Gasteiger partial charge in [0.05, 0.1) is 10.9 Å². The van der Waals surface area contributed by atoms with E-state index in [2.05, 4.69) is 0 Å². The number of para-hydroxylation sites is 1. The number of fused-ring (bicyclic) bond motifs is 2. The number of hydrogen-bond donors (Lipinski definition) is 0. The van der Waals surface area contributed by atoms with Gasteiger partial charge in [-0.25, -0.2) is 0 Å². The summed E-state index contributed by atoms with van der Waals surface area (Å²) in [5, 5.41) is 2.34. The van der Waals surface area contributed by atoms with Gasteiger partial charge in [0.25, 0.3) is 0 Å². The van der Waals surface area contributed by atoms with Crippen LogP contribution in [0.15, 0.2) is 66.7 Å². The smallest absolute Gasteiger partial charge is 0.194 e. The van der Waals surface area contributed by atoms with Gasteiger partial charge in [0.15, 0.2) is 0 Å². The van der Waals surface area contributed by atoms with E-state index in [1.807, 2.05) is 54.9 Å². The maximum absolute atomic E-state index is 13.7. The van der Waals surface area contributed by atoms with Crippen LogP contribution in [-0.4, -0.2) is 0 Å². The van der Waals surface area contributed by atoms with E-state index in [4.69, 9.17) is 0 Å². The zero-order valence-corrected chi connectivity index (χ0v) is 14.4. The van der Waals surface area contributed by atoms with Crippen molar-refractivity contribution >= 4 is 21.7 Å². The molecule has 0 spiro atoms. The molecule has 1 nitrogen and oxygen atoms in total. The van der Waals surface area contributed by atoms with E-state index in [0.29, 0.717) is 11.2 Å². The topological polar surface area (TPSA) is 3.88 Å². The summed E-state index contributed by atoms with van der Waals surface area (Å²) in [5.41, 5.74) is 2.29. The summed E-state index contributed by atoms with van der Waals surface area (Å²) in [7, 11) is 1.81. The molecule has 0 aliphatic heterocycles. The second-order valence-electron chi connectivity index (χ2n) is 6.48. The van der Waals surface area contributed by atoms with Crippen molar-refractivity contribution in [3.8, 4) is 11.3 Å². The van der Waals surface area contributed by atoms with Gasteiger partial charge in [-0.3, -0.25) is 0 Å². The molecular formula is C22H17F3N+. The lowest BCUT2D eigenvalue weighted by Crippen LogP contribution is -2.33. The summed E-state index contributed by atoms with van der Waals surface area (Å²) in [6, 6.07) is 19.7. The SMILES string of the molecule is Cc1c(-c2cc(C(F)(F)F)c3ccccc3[n+]2C)ccc2ccccc12. The fraction of sp³-hybridized carbons (Fsp3) is 0.136. The minimum absolute atomic E-state index is 0.213. The van der Waals surface area contributed by atoms with Crippen LogP contribution in [0.4, 0.5) is 13.2 Å². The van der Waals surface area contributed by atoms with E-state index in [0.717, 1.165) is 21.9 Å². The number of hydrogen-bond acceptors (Lipinski definition) is 0. The fourth-order valence-electron chi connectivity index (χ4n) is 3.63. The lowest BCUT2D eigenvalue weighted by molar-refractivity contribution is -0.633. The van der Waals surface area contributed by atoms with E-state index in [1.165, 1.54) is 12.1 Å². The number of aromatic nitrogens is 1. The largest absolute Gasteiger partial charge is 0.417 e. The molecule has 0 amide bonds. The van der Waals surface area contributed by atoms with Crippen molar-refractivity contribution in [2.24, 2.45) is 7.05 Å². The van der Waals surface area contributed by atoms with Crippen LogP contribution in [0.5, 0.6) is 0 Å². The van der Waals surface area contributed by atoms with Crippen molar-refractivity contribution in [1.82, 2.24) is 0 Å². The van der Waals surface area contributed by atoms with Crippen molar-refractivity contribution in [2.75, 3.05) is 0 Å². The lowest BCUT2D eigenvalue weighted by atomic mass is 9.95. The van der Waals surface area contributed by atoms with E-state index in [9.17, 15) is 13.2 Å². The van der Waals surface area contributed by atoms with E-state index in [-0.39, 0.29) is 5.39 Å². The van der Waals surface area contributed by atoms with Crippen LogP contribution >= 0.6 is 0 Å². The van der Waals surface area contributed by atoms with Crippen LogP contribution in [0.3, 0.4) is 0 Å². The Bertz CT molecular complexity index is 1140. The standard InChI is InChI=1S/C22H17F3N/c1-14-16-8-4-3-7-15(16)11-12-17(14)21-13-19(22(23,24)25)18-9-5-6-10-20(18)26(21)2/h3-13H,1-2H3/q+1. The Balaban J connectivity index is 2.10. The number of pyridine rings is 1. The number of halogens is 3. The Morgan fingerprint density at radius 2 is 1.46 bits per heavy atom. The summed E-state index contributed by atoms with van der Waals surface area (Å²) in [5.74, 6) is 0. The van der Waals surface area contributed by atoms with Crippen LogP contribution in [0.2, 0.25) is 0 Å². The van der Waals surface area contributed by atoms with E-state index >= 15 is 0 Å². The summed E-state index contributed by atoms with van der Waals surface area (Å²) in [6.45, 7) is 1.96. The van der Waals surface area contributed by atoms with Crippen molar-refractivity contribution in [3.63, 3.8) is 0 Å². The highest BCUT2D eigenvalue weighted by atomic mass is 19.4. The number of alkyl halides is 3. The Kier molecular flexibility index (Phi) is 3.72. The Morgan fingerprint density at radius 3 is 2.19 bits per heavy atom. The van der Waals surface area contributed by atoms with Crippen LogP contribution < -0.4 is 4.57 Å².